The molecule has 0 aliphatic carbocycles. The maximum Gasteiger partial charge on any atom is 0.248 e. The van der Waals surface area contributed by atoms with E-state index in [1.807, 2.05) is 48.5 Å². The highest BCUT2D eigenvalue weighted by Crippen LogP contribution is 2.23. The Morgan fingerprint density at radius 1 is 1.10 bits per heavy atom. The zero-order chi connectivity index (χ0) is 15.2. The second-order valence-electron chi connectivity index (χ2n) is 5.12. The minimum atomic E-state index is -0.119. The van der Waals surface area contributed by atoms with E-state index in [-0.39, 0.29) is 5.91 Å². The third kappa shape index (κ3) is 4.57. The first-order valence-corrected chi connectivity index (χ1v) is 7.69. The van der Waals surface area contributed by atoms with Gasteiger partial charge in [0.05, 0.1) is 0 Å². The second kappa shape index (κ2) is 7.23. The molecule has 0 fully saturated rings. The van der Waals surface area contributed by atoms with Crippen LogP contribution in [-0.2, 0) is 4.79 Å². The lowest BCUT2D eigenvalue weighted by atomic mass is 10.0. The van der Waals surface area contributed by atoms with E-state index in [2.05, 4.69) is 35.1 Å². The van der Waals surface area contributed by atoms with E-state index in [9.17, 15) is 4.79 Å². The van der Waals surface area contributed by atoms with E-state index in [0.717, 1.165) is 21.3 Å². The first-order chi connectivity index (χ1) is 10.1. The Morgan fingerprint density at radius 2 is 1.76 bits per heavy atom. The lowest BCUT2D eigenvalue weighted by molar-refractivity contribution is -0.111. The van der Waals surface area contributed by atoms with Gasteiger partial charge in [-0.1, -0.05) is 60.1 Å². The second-order valence-corrected chi connectivity index (χ2v) is 6.03. The number of amides is 1. The quantitative estimate of drug-likeness (QED) is 0.757. The molecule has 1 N–H and O–H groups in total. The van der Waals surface area contributed by atoms with E-state index in [4.69, 9.17) is 0 Å². The molecule has 0 spiro atoms. The summed E-state index contributed by atoms with van der Waals surface area (Å²) in [5.74, 6) is 0.253. The standard InChI is InChI=1S/C18H18BrNO/c1-13(2)16-5-3-4-6-17(16)20-18(21)12-9-14-7-10-15(19)11-8-14/h3-13H,1-2H3,(H,20,21)/b12-9+. The van der Waals surface area contributed by atoms with Crippen LogP contribution in [0.5, 0.6) is 0 Å². The average Bonchev–Trinajstić information content (AvgIpc) is 2.47. The third-order valence-corrected chi connectivity index (χ3v) is 3.67. The van der Waals surface area contributed by atoms with Gasteiger partial charge >= 0.3 is 0 Å². The number of carbonyl (C=O) groups is 1. The fourth-order valence-electron chi connectivity index (χ4n) is 2.03. The smallest absolute Gasteiger partial charge is 0.248 e. The van der Waals surface area contributed by atoms with Crippen LogP contribution in [0.15, 0.2) is 59.1 Å². The number of hydrogen-bond donors (Lipinski definition) is 1. The lowest BCUT2D eigenvalue weighted by Crippen LogP contribution is -2.10. The molecule has 0 aliphatic heterocycles. The highest BCUT2D eigenvalue weighted by molar-refractivity contribution is 9.10. The van der Waals surface area contributed by atoms with Gasteiger partial charge < -0.3 is 5.32 Å². The van der Waals surface area contributed by atoms with Crippen LogP contribution in [0, 0.1) is 0 Å². The molecule has 2 nitrogen and oxygen atoms in total. The third-order valence-electron chi connectivity index (χ3n) is 3.14. The molecule has 0 saturated carbocycles. The van der Waals surface area contributed by atoms with Crippen LogP contribution in [0.25, 0.3) is 6.08 Å². The van der Waals surface area contributed by atoms with Gasteiger partial charge in [0.2, 0.25) is 5.91 Å². The molecule has 0 aromatic heterocycles. The molecule has 0 radical (unpaired) electrons. The van der Waals surface area contributed by atoms with Crippen molar-refractivity contribution in [3.8, 4) is 0 Å². The summed E-state index contributed by atoms with van der Waals surface area (Å²) in [6.07, 6.45) is 3.36. The van der Waals surface area contributed by atoms with Crippen molar-refractivity contribution in [1.29, 1.82) is 0 Å². The number of carbonyl (C=O) groups excluding carboxylic acids is 1. The Bertz CT molecular complexity index is 645. The zero-order valence-corrected chi connectivity index (χ0v) is 13.7. The summed E-state index contributed by atoms with van der Waals surface area (Å²) >= 11 is 3.39. The summed E-state index contributed by atoms with van der Waals surface area (Å²) in [7, 11) is 0. The molecular weight excluding hydrogens is 326 g/mol. The molecule has 0 heterocycles. The van der Waals surface area contributed by atoms with Gasteiger partial charge in [-0.3, -0.25) is 4.79 Å². The van der Waals surface area contributed by atoms with Crippen LogP contribution >= 0.6 is 15.9 Å². The largest absolute Gasteiger partial charge is 0.322 e. The maximum absolute atomic E-state index is 12.0. The average molecular weight is 344 g/mol. The Morgan fingerprint density at radius 3 is 2.43 bits per heavy atom. The predicted molar refractivity (Wildman–Crippen MR) is 92.3 cm³/mol. The zero-order valence-electron chi connectivity index (χ0n) is 12.1. The van der Waals surface area contributed by atoms with E-state index in [0.29, 0.717) is 5.92 Å². The van der Waals surface area contributed by atoms with Crippen LogP contribution < -0.4 is 5.32 Å². The molecule has 0 saturated heterocycles. The fraction of sp³-hybridized carbons (Fsp3) is 0.167. The molecule has 108 valence electrons. The predicted octanol–water partition coefficient (Wildman–Crippen LogP) is 5.22. The van der Waals surface area contributed by atoms with Crippen molar-refractivity contribution in [3.05, 3.63) is 70.2 Å². The Kier molecular flexibility index (Phi) is 5.34. The van der Waals surface area contributed by atoms with Gasteiger partial charge in [0.25, 0.3) is 0 Å². The summed E-state index contributed by atoms with van der Waals surface area (Å²) in [4.78, 5) is 12.0. The Balaban J connectivity index is 2.07. The highest BCUT2D eigenvalue weighted by atomic mass is 79.9. The molecule has 1 amide bonds. The molecule has 0 atom stereocenters. The molecule has 21 heavy (non-hydrogen) atoms. The fourth-order valence-corrected chi connectivity index (χ4v) is 2.30. The van der Waals surface area contributed by atoms with Crippen molar-refractivity contribution in [3.63, 3.8) is 0 Å². The number of benzene rings is 2. The number of rotatable bonds is 4. The molecule has 2 aromatic carbocycles. The minimum Gasteiger partial charge on any atom is -0.322 e. The van der Waals surface area contributed by atoms with E-state index < -0.39 is 0 Å². The first-order valence-electron chi connectivity index (χ1n) is 6.90. The minimum absolute atomic E-state index is 0.119. The van der Waals surface area contributed by atoms with Gasteiger partial charge in [-0.15, -0.1) is 0 Å². The van der Waals surface area contributed by atoms with E-state index in [1.54, 1.807) is 12.2 Å². The van der Waals surface area contributed by atoms with Crippen molar-refractivity contribution in [2.45, 2.75) is 19.8 Å². The van der Waals surface area contributed by atoms with Crippen molar-refractivity contribution in [1.82, 2.24) is 0 Å². The van der Waals surface area contributed by atoms with Gasteiger partial charge in [0.1, 0.15) is 0 Å². The summed E-state index contributed by atoms with van der Waals surface area (Å²) in [5.41, 5.74) is 3.01. The molecule has 0 aliphatic rings. The van der Waals surface area contributed by atoms with Gasteiger partial charge in [0, 0.05) is 16.2 Å². The number of anilines is 1. The summed E-state index contributed by atoms with van der Waals surface area (Å²) in [6, 6.07) is 15.7. The van der Waals surface area contributed by atoms with Crippen molar-refractivity contribution in [2.24, 2.45) is 0 Å². The van der Waals surface area contributed by atoms with Gasteiger partial charge in [-0.2, -0.15) is 0 Å². The Labute approximate surface area is 134 Å². The van der Waals surface area contributed by atoms with Gasteiger partial charge in [0.15, 0.2) is 0 Å². The maximum atomic E-state index is 12.0. The number of hydrogen-bond acceptors (Lipinski definition) is 1. The van der Waals surface area contributed by atoms with Crippen molar-refractivity contribution >= 4 is 33.6 Å². The normalized spacial score (nSPS) is 11.0. The molecule has 0 unspecified atom stereocenters. The molecule has 0 bridgehead atoms. The monoisotopic (exact) mass is 343 g/mol. The summed E-state index contributed by atoms with van der Waals surface area (Å²) < 4.78 is 1.02. The van der Waals surface area contributed by atoms with Gasteiger partial charge in [-0.05, 0) is 41.3 Å². The van der Waals surface area contributed by atoms with Crippen LogP contribution in [0.3, 0.4) is 0 Å². The van der Waals surface area contributed by atoms with Crippen molar-refractivity contribution in [2.75, 3.05) is 5.32 Å². The molecule has 2 rings (SSSR count). The Hall–Kier alpha value is -1.87. The number of para-hydroxylation sites is 1. The topological polar surface area (TPSA) is 29.1 Å². The van der Waals surface area contributed by atoms with Crippen LogP contribution in [0.4, 0.5) is 5.69 Å². The SMILES string of the molecule is CC(C)c1ccccc1NC(=O)/C=C/c1ccc(Br)cc1. The molecule has 2 aromatic rings. The molecular formula is C18H18BrNO. The van der Waals surface area contributed by atoms with Crippen LogP contribution in [0.2, 0.25) is 0 Å². The number of halogens is 1. The lowest BCUT2D eigenvalue weighted by Gasteiger charge is -2.12. The van der Waals surface area contributed by atoms with Crippen LogP contribution in [0.1, 0.15) is 30.9 Å². The van der Waals surface area contributed by atoms with Crippen molar-refractivity contribution < 1.29 is 4.79 Å². The van der Waals surface area contributed by atoms with Gasteiger partial charge in [-0.25, -0.2) is 0 Å². The first kappa shape index (κ1) is 15.5. The van der Waals surface area contributed by atoms with E-state index >= 15 is 0 Å². The number of nitrogens with one attached hydrogen (secondary N) is 1. The summed E-state index contributed by atoms with van der Waals surface area (Å²) in [5, 5.41) is 2.94. The van der Waals surface area contributed by atoms with E-state index in [1.165, 1.54) is 0 Å². The highest BCUT2D eigenvalue weighted by Gasteiger charge is 2.07. The molecule has 3 heteroatoms. The van der Waals surface area contributed by atoms with Crippen LogP contribution in [-0.4, -0.2) is 5.91 Å². The summed E-state index contributed by atoms with van der Waals surface area (Å²) in [6.45, 7) is 4.23.